The molecule has 0 radical (unpaired) electrons. The molecular weight excluding hydrogens is 432 g/mol. The Morgan fingerprint density at radius 2 is 1.84 bits per heavy atom. The second-order valence-electron chi connectivity index (χ2n) is 8.20. The highest BCUT2D eigenvalue weighted by Gasteiger charge is 2.27. The van der Waals surface area contributed by atoms with Gasteiger partial charge in [-0.25, -0.2) is 4.79 Å². The molecule has 2 fully saturated rings. The average molecular weight is 459 g/mol. The molecule has 2 aromatic rings. The first-order chi connectivity index (χ1) is 15.1. The summed E-state index contributed by atoms with van der Waals surface area (Å²) in [6.07, 6.45) is 3.77. The van der Waals surface area contributed by atoms with Crippen molar-refractivity contribution in [1.29, 1.82) is 0 Å². The minimum absolute atomic E-state index is 0. The second-order valence-corrected chi connectivity index (χ2v) is 8.20. The smallest absolute Gasteiger partial charge is 0.410 e. The normalized spacial score (nSPS) is 19.7. The Hall–Kier alpha value is -2.81. The molecule has 0 spiro atoms. The molecule has 1 aromatic carbocycles. The van der Waals surface area contributed by atoms with Gasteiger partial charge in [0, 0.05) is 56.4 Å². The van der Waals surface area contributed by atoms with Crippen LogP contribution < -0.4 is 5.32 Å². The van der Waals surface area contributed by atoms with Gasteiger partial charge in [0.25, 0.3) is 5.91 Å². The number of nitrogens with zero attached hydrogens (tertiary/aromatic N) is 3. The third-order valence-corrected chi connectivity index (χ3v) is 5.99. The number of morpholine rings is 1. The number of anilines is 1. The van der Waals surface area contributed by atoms with Crippen LogP contribution >= 0.6 is 12.4 Å². The van der Waals surface area contributed by atoms with Gasteiger partial charge in [-0.15, -0.1) is 12.4 Å². The van der Waals surface area contributed by atoms with Gasteiger partial charge >= 0.3 is 6.09 Å². The lowest BCUT2D eigenvalue weighted by atomic mass is 10.0. The molecule has 0 unspecified atom stereocenters. The summed E-state index contributed by atoms with van der Waals surface area (Å²) in [4.78, 5) is 28.5. The molecule has 1 N–H and O–H groups in total. The number of carbonyl (C=O) groups is 2. The Balaban J connectivity index is 0.00000245. The van der Waals surface area contributed by atoms with E-state index in [1.54, 1.807) is 4.90 Å². The van der Waals surface area contributed by atoms with Gasteiger partial charge in [-0.1, -0.05) is 6.07 Å². The number of nitrogens with one attached hydrogen (secondary N) is 1. The van der Waals surface area contributed by atoms with Gasteiger partial charge < -0.3 is 24.3 Å². The Morgan fingerprint density at radius 1 is 1.03 bits per heavy atom. The van der Waals surface area contributed by atoms with Crippen molar-refractivity contribution in [2.45, 2.75) is 13.1 Å². The average Bonchev–Trinajstić information content (AvgIpc) is 3.41. The van der Waals surface area contributed by atoms with E-state index in [-0.39, 0.29) is 24.4 Å². The Bertz CT molecular complexity index is 1060. The van der Waals surface area contributed by atoms with Crippen molar-refractivity contribution in [3.63, 3.8) is 0 Å². The SMILES string of the molecule is Cl.Cn1cc(CN2CCOCC2)cc1C=C1C(=O)Nc2ccc(CN3CCOC3=O)cc21. The Labute approximate surface area is 193 Å². The van der Waals surface area contributed by atoms with E-state index in [2.05, 4.69) is 27.0 Å². The van der Waals surface area contributed by atoms with Crippen molar-refractivity contribution >= 4 is 41.7 Å². The number of amides is 2. The lowest BCUT2D eigenvalue weighted by molar-refractivity contribution is -0.110. The monoisotopic (exact) mass is 458 g/mol. The van der Waals surface area contributed by atoms with Gasteiger partial charge in [-0.05, 0) is 35.4 Å². The van der Waals surface area contributed by atoms with Crippen LogP contribution in [0.25, 0.3) is 11.6 Å². The number of halogens is 1. The molecule has 3 aliphatic rings. The van der Waals surface area contributed by atoms with Crippen LogP contribution in [0.2, 0.25) is 0 Å². The van der Waals surface area contributed by atoms with Crippen LogP contribution in [0.1, 0.15) is 22.4 Å². The molecule has 0 saturated carbocycles. The number of hydrogen-bond donors (Lipinski definition) is 1. The highest BCUT2D eigenvalue weighted by molar-refractivity contribution is 6.34. The molecule has 9 heteroatoms. The molecule has 0 bridgehead atoms. The fourth-order valence-corrected chi connectivity index (χ4v) is 4.31. The summed E-state index contributed by atoms with van der Waals surface area (Å²) in [5.74, 6) is -0.108. The number of fused-ring (bicyclic) bond motifs is 1. The van der Waals surface area contributed by atoms with Crippen LogP contribution in [-0.2, 0) is 34.4 Å². The Morgan fingerprint density at radius 3 is 2.59 bits per heavy atom. The lowest BCUT2D eigenvalue weighted by Gasteiger charge is -2.26. The van der Waals surface area contributed by atoms with Crippen LogP contribution in [0.4, 0.5) is 10.5 Å². The van der Waals surface area contributed by atoms with Gasteiger partial charge in [-0.3, -0.25) is 9.69 Å². The van der Waals surface area contributed by atoms with Gasteiger partial charge in [0.1, 0.15) is 6.61 Å². The molecular formula is C23H27ClN4O4. The molecule has 0 aliphatic carbocycles. The first-order valence-electron chi connectivity index (χ1n) is 10.6. The number of hydrogen-bond acceptors (Lipinski definition) is 5. The number of carbonyl (C=O) groups excluding carboxylic acids is 2. The minimum atomic E-state index is -0.290. The summed E-state index contributed by atoms with van der Waals surface area (Å²) in [5, 5.41) is 2.95. The third kappa shape index (κ3) is 4.53. The maximum absolute atomic E-state index is 12.7. The fourth-order valence-electron chi connectivity index (χ4n) is 4.31. The van der Waals surface area contributed by atoms with E-state index in [1.165, 1.54) is 5.56 Å². The van der Waals surface area contributed by atoms with Crippen LogP contribution in [0.3, 0.4) is 0 Å². The zero-order valence-electron chi connectivity index (χ0n) is 18.0. The van der Waals surface area contributed by atoms with E-state index in [4.69, 9.17) is 9.47 Å². The van der Waals surface area contributed by atoms with Gasteiger partial charge in [0.15, 0.2) is 0 Å². The van der Waals surface area contributed by atoms with Gasteiger partial charge in [0.05, 0.1) is 25.3 Å². The van der Waals surface area contributed by atoms with E-state index in [1.807, 2.05) is 31.3 Å². The molecule has 170 valence electrons. The van der Waals surface area contributed by atoms with Crippen LogP contribution in [-0.4, -0.2) is 65.8 Å². The van der Waals surface area contributed by atoms with E-state index >= 15 is 0 Å². The van der Waals surface area contributed by atoms with Gasteiger partial charge in [0.2, 0.25) is 0 Å². The zero-order valence-corrected chi connectivity index (χ0v) is 18.8. The van der Waals surface area contributed by atoms with E-state index in [0.29, 0.717) is 25.3 Å². The summed E-state index contributed by atoms with van der Waals surface area (Å²) in [7, 11) is 2.00. The molecule has 0 atom stereocenters. The molecule has 4 heterocycles. The summed E-state index contributed by atoms with van der Waals surface area (Å²) in [6, 6.07) is 7.97. The first kappa shape index (κ1) is 22.4. The fraction of sp³-hybridized carbons (Fsp3) is 0.391. The highest BCUT2D eigenvalue weighted by Crippen LogP contribution is 2.34. The van der Waals surface area contributed by atoms with E-state index < -0.39 is 0 Å². The van der Waals surface area contributed by atoms with Crippen molar-refractivity contribution in [3.8, 4) is 0 Å². The molecule has 32 heavy (non-hydrogen) atoms. The standard InChI is InChI=1S/C23H26N4O4.ClH/c1-25-13-17(14-26-4-7-30-8-5-26)10-18(25)12-20-19-11-16(2-3-21(19)24-22(20)28)15-27-6-9-31-23(27)29;/h2-3,10-13H,4-9,14-15H2,1H3,(H,24,28);1H. The van der Waals surface area contributed by atoms with Crippen molar-refractivity contribution in [2.75, 3.05) is 44.8 Å². The van der Waals surface area contributed by atoms with Crippen molar-refractivity contribution in [2.24, 2.45) is 7.05 Å². The molecule has 8 nitrogen and oxygen atoms in total. The summed E-state index contributed by atoms with van der Waals surface area (Å²) in [6.45, 7) is 5.79. The third-order valence-electron chi connectivity index (χ3n) is 5.99. The van der Waals surface area contributed by atoms with Gasteiger partial charge in [-0.2, -0.15) is 0 Å². The minimum Gasteiger partial charge on any atom is -0.448 e. The van der Waals surface area contributed by atoms with Crippen molar-refractivity contribution < 1.29 is 19.1 Å². The number of aromatic nitrogens is 1. The predicted octanol–water partition coefficient (Wildman–Crippen LogP) is 2.72. The molecule has 1 aromatic heterocycles. The first-order valence-corrected chi connectivity index (χ1v) is 10.6. The van der Waals surface area contributed by atoms with E-state index in [0.717, 1.165) is 55.4 Å². The number of ether oxygens (including phenoxy) is 2. The Kier molecular flexibility index (Phi) is 6.55. The number of aryl methyl sites for hydroxylation is 1. The topological polar surface area (TPSA) is 76.0 Å². The van der Waals surface area contributed by atoms with Crippen LogP contribution in [0.5, 0.6) is 0 Å². The lowest BCUT2D eigenvalue weighted by Crippen LogP contribution is -2.35. The van der Waals surface area contributed by atoms with Crippen molar-refractivity contribution in [1.82, 2.24) is 14.4 Å². The number of cyclic esters (lactones) is 1. The van der Waals surface area contributed by atoms with E-state index in [9.17, 15) is 9.59 Å². The summed E-state index contributed by atoms with van der Waals surface area (Å²) >= 11 is 0. The van der Waals surface area contributed by atoms with Crippen LogP contribution in [0, 0.1) is 0 Å². The van der Waals surface area contributed by atoms with Crippen LogP contribution in [0.15, 0.2) is 30.5 Å². The summed E-state index contributed by atoms with van der Waals surface area (Å²) < 4.78 is 12.5. The highest BCUT2D eigenvalue weighted by atomic mass is 35.5. The predicted molar refractivity (Wildman–Crippen MR) is 123 cm³/mol. The number of benzene rings is 1. The van der Waals surface area contributed by atoms with Crippen molar-refractivity contribution in [3.05, 3.63) is 52.8 Å². The second kappa shape index (κ2) is 9.36. The zero-order chi connectivity index (χ0) is 21.4. The molecule has 2 amide bonds. The quantitative estimate of drug-likeness (QED) is 0.697. The molecule has 3 aliphatic heterocycles. The largest absolute Gasteiger partial charge is 0.448 e. The maximum Gasteiger partial charge on any atom is 0.410 e. The number of rotatable bonds is 5. The molecule has 5 rings (SSSR count). The summed E-state index contributed by atoms with van der Waals surface area (Å²) in [5.41, 5.74) is 5.48. The molecule has 2 saturated heterocycles. The maximum atomic E-state index is 12.7.